The highest BCUT2D eigenvalue weighted by molar-refractivity contribution is 6.35. The van der Waals surface area contributed by atoms with Crippen LogP contribution in [0.15, 0.2) is 41.9 Å². The Morgan fingerprint density at radius 1 is 0.698 bits per heavy atom. The zero-order valence-corrected chi connectivity index (χ0v) is 33.9. The summed E-state index contributed by atoms with van der Waals surface area (Å²) in [5.41, 5.74) is 3.77. The Labute approximate surface area is 319 Å². The van der Waals surface area contributed by atoms with Gasteiger partial charge in [0, 0.05) is 10.6 Å². The number of esters is 4. The molecule has 0 radical (unpaired) electrons. The number of halogens is 1. The fourth-order valence-corrected chi connectivity index (χ4v) is 8.21. The second-order valence-electron chi connectivity index (χ2n) is 17.6. The monoisotopic (exact) mass is 746 g/mol. The maximum absolute atomic E-state index is 12.9. The summed E-state index contributed by atoms with van der Waals surface area (Å²) >= 11 is 6.41. The summed E-state index contributed by atoms with van der Waals surface area (Å²) in [6.45, 7) is 19.3. The molecule has 2 aliphatic heterocycles. The van der Waals surface area contributed by atoms with E-state index in [0.29, 0.717) is 59.8 Å². The first-order valence-electron chi connectivity index (χ1n) is 18.9. The number of carbonyl (C=O) groups excluding carboxylic acids is 4. The standard InChI is InChI=1S/C23H30O4.C21H25ClO4/c1-14-11-15(2)18(16(3)12-14)19-20(26-17(24)13-22(4,5)6)23(27-21(19)25)9-7-8-10-23;1-13-8-9-14(15(22)12-13)16-17(25-19(24)20(2,3)4)21(26-18(16)23)10-6-5-7-11-21/h11-12H,7-10,13H2,1-6H3;8-9,12H,5-7,10-11H2,1-4H3. The van der Waals surface area contributed by atoms with E-state index in [-0.39, 0.29) is 28.9 Å². The van der Waals surface area contributed by atoms with Crippen LogP contribution in [0.3, 0.4) is 0 Å². The van der Waals surface area contributed by atoms with Crippen molar-refractivity contribution in [1.29, 1.82) is 0 Å². The molecule has 2 spiro atoms. The third-order valence-electron chi connectivity index (χ3n) is 10.4. The van der Waals surface area contributed by atoms with Crippen molar-refractivity contribution in [2.24, 2.45) is 10.8 Å². The third-order valence-corrected chi connectivity index (χ3v) is 10.7. The molecule has 53 heavy (non-hydrogen) atoms. The number of hydrogen-bond donors (Lipinski definition) is 0. The van der Waals surface area contributed by atoms with Gasteiger partial charge in [0.05, 0.1) is 11.8 Å². The van der Waals surface area contributed by atoms with Crippen LogP contribution >= 0.6 is 11.6 Å². The Balaban J connectivity index is 0.000000204. The average Bonchev–Trinajstić information content (AvgIpc) is 3.67. The lowest BCUT2D eigenvalue weighted by atomic mass is 9.82. The summed E-state index contributed by atoms with van der Waals surface area (Å²) in [7, 11) is 0. The van der Waals surface area contributed by atoms with E-state index in [9.17, 15) is 19.2 Å². The topological polar surface area (TPSA) is 105 Å². The fourth-order valence-electron chi connectivity index (χ4n) is 7.88. The van der Waals surface area contributed by atoms with Crippen LogP contribution in [0, 0.1) is 38.5 Å². The predicted molar refractivity (Wildman–Crippen MR) is 206 cm³/mol. The molecule has 0 saturated heterocycles. The molecule has 2 fully saturated rings. The molecule has 2 heterocycles. The Kier molecular flexibility index (Phi) is 11.5. The van der Waals surface area contributed by atoms with E-state index < -0.39 is 22.6 Å². The molecule has 0 bridgehead atoms. The van der Waals surface area contributed by atoms with E-state index in [1.165, 1.54) is 0 Å². The maximum Gasteiger partial charge on any atom is 0.343 e. The van der Waals surface area contributed by atoms with Crippen LogP contribution in [0.5, 0.6) is 0 Å². The van der Waals surface area contributed by atoms with Crippen LogP contribution in [-0.4, -0.2) is 35.1 Å². The summed E-state index contributed by atoms with van der Waals surface area (Å²) in [4.78, 5) is 51.0. The lowest BCUT2D eigenvalue weighted by molar-refractivity contribution is -0.159. The predicted octanol–water partition coefficient (Wildman–Crippen LogP) is 10.4. The van der Waals surface area contributed by atoms with Crippen molar-refractivity contribution >= 4 is 46.6 Å². The first kappa shape index (κ1) is 40.3. The summed E-state index contributed by atoms with van der Waals surface area (Å²) < 4.78 is 23.4. The van der Waals surface area contributed by atoms with Crippen LogP contribution in [0.4, 0.5) is 0 Å². The summed E-state index contributed by atoms with van der Waals surface area (Å²) in [6.07, 6.45) is 7.92. The van der Waals surface area contributed by atoms with Gasteiger partial charge in [-0.15, -0.1) is 0 Å². The Morgan fingerprint density at radius 3 is 1.68 bits per heavy atom. The molecule has 4 aliphatic rings. The van der Waals surface area contributed by atoms with E-state index in [1.54, 1.807) is 32.9 Å². The van der Waals surface area contributed by atoms with Gasteiger partial charge in [-0.2, -0.15) is 0 Å². The van der Waals surface area contributed by atoms with Crippen molar-refractivity contribution < 1.29 is 38.1 Å². The smallest absolute Gasteiger partial charge is 0.343 e. The maximum atomic E-state index is 12.9. The van der Waals surface area contributed by atoms with Crippen molar-refractivity contribution in [3.8, 4) is 0 Å². The molecule has 0 aromatic heterocycles. The van der Waals surface area contributed by atoms with Crippen LogP contribution in [0.1, 0.15) is 139 Å². The van der Waals surface area contributed by atoms with E-state index in [4.69, 9.17) is 30.5 Å². The van der Waals surface area contributed by atoms with E-state index >= 15 is 0 Å². The molecular formula is C44H55ClO8. The number of hydrogen-bond acceptors (Lipinski definition) is 8. The summed E-state index contributed by atoms with van der Waals surface area (Å²) in [5, 5.41) is 0.453. The normalized spacial score (nSPS) is 19.3. The number of aryl methyl sites for hydroxylation is 4. The average molecular weight is 747 g/mol. The minimum atomic E-state index is -0.847. The molecule has 0 amide bonds. The summed E-state index contributed by atoms with van der Waals surface area (Å²) in [5.74, 6) is -0.736. The van der Waals surface area contributed by atoms with Crippen molar-refractivity contribution in [2.75, 3.05) is 0 Å². The minimum Gasteiger partial charge on any atom is -0.447 e. The van der Waals surface area contributed by atoms with Gasteiger partial charge in [0.25, 0.3) is 0 Å². The van der Waals surface area contributed by atoms with Crippen LogP contribution in [0.25, 0.3) is 11.1 Å². The Morgan fingerprint density at radius 2 is 1.19 bits per heavy atom. The summed E-state index contributed by atoms with van der Waals surface area (Å²) in [6, 6.07) is 9.58. The Hall–Kier alpha value is -3.91. The van der Waals surface area contributed by atoms with E-state index in [0.717, 1.165) is 59.9 Å². The first-order valence-corrected chi connectivity index (χ1v) is 19.3. The molecule has 0 N–H and O–H groups in total. The van der Waals surface area contributed by atoms with Crippen molar-refractivity contribution in [3.05, 3.63) is 80.3 Å². The van der Waals surface area contributed by atoms with Gasteiger partial charge in [-0.25, -0.2) is 9.59 Å². The molecule has 2 aliphatic carbocycles. The van der Waals surface area contributed by atoms with Gasteiger partial charge in [0.2, 0.25) is 0 Å². The lowest BCUT2D eigenvalue weighted by Gasteiger charge is -2.34. The van der Waals surface area contributed by atoms with Gasteiger partial charge < -0.3 is 18.9 Å². The van der Waals surface area contributed by atoms with E-state index in [1.807, 2.05) is 54.5 Å². The first-order chi connectivity index (χ1) is 24.7. The highest BCUT2D eigenvalue weighted by Gasteiger charge is 2.53. The molecular weight excluding hydrogens is 692 g/mol. The largest absolute Gasteiger partial charge is 0.447 e. The number of ether oxygens (including phenoxy) is 4. The van der Waals surface area contributed by atoms with Gasteiger partial charge in [0.1, 0.15) is 11.1 Å². The minimum absolute atomic E-state index is 0.181. The molecule has 9 heteroatoms. The Bertz CT molecular complexity index is 1850. The second kappa shape index (κ2) is 15.1. The van der Waals surface area contributed by atoms with Gasteiger partial charge >= 0.3 is 23.9 Å². The molecule has 8 nitrogen and oxygen atoms in total. The number of carbonyl (C=O) groups is 4. The van der Waals surface area contributed by atoms with Crippen molar-refractivity contribution in [1.82, 2.24) is 0 Å². The molecule has 2 saturated carbocycles. The van der Waals surface area contributed by atoms with Crippen molar-refractivity contribution in [2.45, 2.75) is 145 Å². The molecule has 0 atom stereocenters. The van der Waals surface area contributed by atoms with Gasteiger partial charge in [-0.1, -0.05) is 68.6 Å². The lowest BCUT2D eigenvalue weighted by Crippen LogP contribution is -2.37. The number of benzene rings is 2. The highest BCUT2D eigenvalue weighted by atomic mass is 35.5. The van der Waals surface area contributed by atoms with Gasteiger partial charge in [0.15, 0.2) is 22.7 Å². The quantitative estimate of drug-likeness (QED) is 0.220. The van der Waals surface area contributed by atoms with Gasteiger partial charge in [-0.05, 0) is 134 Å². The molecule has 0 unspecified atom stereocenters. The van der Waals surface area contributed by atoms with E-state index in [2.05, 4.69) is 12.1 Å². The zero-order valence-electron chi connectivity index (χ0n) is 33.1. The number of rotatable bonds is 5. The van der Waals surface area contributed by atoms with Crippen LogP contribution in [-0.2, 0) is 38.1 Å². The molecule has 6 rings (SSSR count). The molecule has 2 aromatic carbocycles. The van der Waals surface area contributed by atoms with Gasteiger partial charge in [-0.3, -0.25) is 9.59 Å². The third kappa shape index (κ3) is 8.58. The highest BCUT2D eigenvalue weighted by Crippen LogP contribution is 2.50. The van der Waals surface area contributed by atoms with Crippen LogP contribution in [0.2, 0.25) is 5.02 Å². The SMILES string of the molecule is Cc1cc(C)c(C2=C(OC(=O)CC(C)(C)C)C3(CCCC3)OC2=O)c(C)c1.Cc1ccc(C2=C(OC(=O)C(C)(C)C)C3(CCCCC3)OC2=O)c(Cl)c1. The zero-order chi connectivity index (χ0) is 39.1. The van der Waals surface area contributed by atoms with Crippen LogP contribution < -0.4 is 0 Å². The molecule has 286 valence electrons. The van der Waals surface area contributed by atoms with Crippen molar-refractivity contribution in [3.63, 3.8) is 0 Å². The fraction of sp³-hybridized carbons (Fsp3) is 0.545. The molecule has 2 aromatic rings. The second-order valence-corrected chi connectivity index (χ2v) is 18.0.